The maximum Gasteiger partial charge on any atom is 0.230 e. The Morgan fingerprint density at radius 3 is 2.95 bits per heavy atom. The Kier molecular flexibility index (Phi) is 7.70. The minimum atomic E-state index is 0.104. The molecule has 0 radical (unpaired) electrons. The molecule has 1 aromatic rings. The zero-order valence-electron chi connectivity index (χ0n) is 13.2. The number of pyridine rings is 1. The zero-order chi connectivity index (χ0) is 15.6. The Morgan fingerprint density at radius 1 is 1.45 bits per heavy atom. The molecule has 1 aromatic heterocycles. The summed E-state index contributed by atoms with van der Waals surface area (Å²) in [4.78, 5) is 18.7. The Labute approximate surface area is 136 Å². The second kappa shape index (κ2) is 9.82. The van der Waals surface area contributed by atoms with E-state index in [1.54, 1.807) is 11.8 Å². The van der Waals surface area contributed by atoms with E-state index in [2.05, 4.69) is 22.1 Å². The van der Waals surface area contributed by atoms with Crippen LogP contribution in [0.2, 0.25) is 0 Å². The van der Waals surface area contributed by atoms with Crippen LogP contribution in [0.15, 0.2) is 24.4 Å². The maximum atomic E-state index is 11.9. The van der Waals surface area contributed by atoms with Gasteiger partial charge in [0.15, 0.2) is 0 Å². The van der Waals surface area contributed by atoms with Crippen molar-refractivity contribution in [1.82, 2.24) is 15.2 Å². The lowest BCUT2D eigenvalue weighted by Gasteiger charge is -2.34. The van der Waals surface area contributed by atoms with Gasteiger partial charge in [-0.15, -0.1) is 0 Å². The summed E-state index contributed by atoms with van der Waals surface area (Å²) in [6.07, 6.45) is 2.91. The van der Waals surface area contributed by atoms with Crippen LogP contribution in [-0.4, -0.2) is 60.1 Å². The summed E-state index contributed by atoms with van der Waals surface area (Å²) in [5.41, 5.74) is 1.01. The summed E-state index contributed by atoms with van der Waals surface area (Å²) >= 11 is 1.68. The van der Waals surface area contributed by atoms with Crippen molar-refractivity contribution in [3.05, 3.63) is 30.1 Å². The normalized spacial score (nSPS) is 17.1. The number of ether oxygens (including phenoxy) is 1. The van der Waals surface area contributed by atoms with Crippen molar-refractivity contribution in [3.8, 4) is 0 Å². The fourth-order valence-electron chi connectivity index (χ4n) is 2.45. The van der Waals surface area contributed by atoms with Crippen LogP contribution >= 0.6 is 11.8 Å². The molecule has 122 valence electrons. The van der Waals surface area contributed by atoms with Crippen LogP contribution < -0.4 is 5.32 Å². The van der Waals surface area contributed by atoms with E-state index in [4.69, 9.17) is 4.74 Å². The Hall–Kier alpha value is -1.11. The molecule has 1 aliphatic rings. The van der Waals surface area contributed by atoms with Gasteiger partial charge in [0.1, 0.15) is 0 Å². The fraction of sp³-hybridized carbons (Fsp3) is 0.625. The third kappa shape index (κ3) is 5.59. The number of nitrogens with zero attached hydrogens (tertiary/aromatic N) is 2. The smallest absolute Gasteiger partial charge is 0.230 e. The van der Waals surface area contributed by atoms with Gasteiger partial charge in [0.2, 0.25) is 5.91 Å². The maximum absolute atomic E-state index is 11.9. The van der Waals surface area contributed by atoms with E-state index in [1.165, 1.54) is 0 Å². The van der Waals surface area contributed by atoms with E-state index in [9.17, 15) is 4.79 Å². The number of hydrogen-bond donors (Lipinski definition) is 1. The van der Waals surface area contributed by atoms with Gasteiger partial charge >= 0.3 is 0 Å². The van der Waals surface area contributed by atoms with Crippen LogP contribution in [-0.2, 0) is 9.53 Å². The van der Waals surface area contributed by atoms with Crippen molar-refractivity contribution >= 4 is 17.7 Å². The molecular weight excluding hydrogens is 298 g/mol. The van der Waals surface area contributed by atoms with E-state index in [0.29, 0.717) is 12.3 Å². The summed E-state index contributed by atoms with van der Waals surface area (Å²) in [6, 6.07) is 6.05. The predicted octanol–water partition coefficient (Wildman–Crippen LogP) is 1.71. The minimum absolute atomic E-state index is 0.104. The van der Waals surface area contributed by atoms with Crippen molar-refractivity contribution in [2.75, 3.05) is 44.4 Å². The molecule has 1 atom stereocenters. The summed E-state index contributed by atoms with van der Waals surface area (Å²) in [7, 11) is 0. The average Bonchev–Trinajstić information content (AvgIpc) is 2.57. The lowest BCUT2D eigenvalue weighted by Crippen LogP contribution is -2.44. The van der Waals surface area contributed by atoms with Crippen molar-refractivity contribution in [2.45, 2.75) is 19.4 Å². The Bertz CT molecular complexity index is 438. The second-order valence-corrected chi connectivity index (χ2v) is 6.38. The number of carbonyl (C=O) groups is 1. The van der Waals surface area contributed by atoms with Crippen molar-refractivity contribution in [2.24, 2.45) is 0 Å². The molecule has 2 rings (SSSR count). The number of hydrogen-bond acceptors (Lipinski definition) is 5. The summed E-state index contributed by atoms with van der Waals surface area (Å²) in [6.45, 7) is 5.96. The molecule has 2 heterocycles. The van der Waals surface area contributed by atoms with Crippen LogP contribution in [0.1, 0.15) is 25.1 Å². The Balaban J connectivity index is 1.91. The van der Waals surface area contributed by atoms with E-state index in [0.717, 1.165) is 44.2 Å². The van der Waals surface area contributed by atoms with Crippen LogP contribution in [0.5, 0.6) is 0 Å². The molecule has 22 heavy (non-hydrogen) atoms. The van der Waals surface area contributed by atoms with Crippen LogP contribution in [0.3, 0.4) is 0 Å². The van der Waals surface area contributed by atoms with Gasteiger partial charge in [-0.1, -0.05) is 13.0 Å². The van der Waals surface area contributed by atoms with E-state index in [1.807, 2.05) is 24.4 Å². The van der Waals surface area contributed by atoms with Crippen LogP contribution in [0.25, 0.3) is 0 Å². The molecule has 0 bridgehead atoms. The number of amides is 1. The summed E-state index contributed by atoms with van der Waals surface area (Å²) in [5, 5.41) is 3.06. The second-order valence-electron chi connectivity index (χ2n) is 5.28. The molecule has 0 saturated carbocycles. The van der Waals surface area contributed by atoms with E-state index >= 15 is 0 Å². The predicted molar refractivity (Wildman–Crippen MR) is 90.0 cm³/mol. The van der Waals surface area contributed by atoms with Crippen molar-refractivity contribution in [3.63, 3.8) is 0 Å². The topological polar surface area (TPSA) is 54.5 Å². The van der Waals surface area contributed by atoms with Gasteiger partial charge < -0.3 is 10.1 Å². The van der Waals surface area contributed by atoms with E-state index < -0.39 is 0 Å². The highest BCUT2D eigenvalue weighted by Gasteiger charge is 2.23. The number of carbonyl (C=O) groups excluding carboxylic acids is 1. The molecule has 1 saturated heterocycles. The van der Waals surface area contributed by atoms with Crippen molar-refractivity contribution in [1.29, 1.82) is 0 Å². The third-order valence-corrected chi connectivity index (χ3v) is 4.75. The molecule has 5 nitrogen and oxygen atoms in total. The summed E-state index contributed by atoms with van der Waals surface area (Å²) < 4.78 is 5.42. The quantitative estimate of drug-likeness (QED) is 0.738. The number of nitrogens with one attached hydrogen (secondary N) is 1. The monoisotopic (exact) mass is 323 g/mol. The van der Waals surface area contributed by atoms with Gasteiger partial charge in [-0.2, -0.15) is 11.8 Å². The molecule has 1 unspecified atom stereocenters. The third-order valence-electron chi connectivity index (χ3n) is 3.59. The van der Waals surface area contributed by atoms with Gasteiger partial charge in [0, 0.05) is 25.8 Å². The van der Waals surface area contributed by atoms with Gasteiger partial charge in [0.25, 0.3) is 0 Å². The molecule has 1 N–H and O–H groups in total. The van der Waals surface area contributed by atoms with Gasteiger partial charge in [-0.05, 0) is 24.3 Å². The van der Waals surface area contributed by atoms with Crippen LogP contribution in [0, 0.1) is 0 Å². The first-order valence-corrected chi connectivity index (χ1v) is 9.04. The van der Waals surface area contributed by atoms with Crippen LogP contribution in [0.4, 0.5) is 0 Å². The molecule has 0 spiro atoms. The number of aromatic nitrogens is 1. The highest BCUT2D eigenvalue weighted by atomic mass is 32.2. The number of thioether (sulfide) groups is 1. The molecule has 6 heteroatoms. The fourth-order valence-corrected chi connectivity index (χ4v) is 3.17. The first-order chi connectivity index (χ1) is 10.8. The summed E-state index contributed by atoms with van der Waals surface area (Å²) in [5.74, 6) is 1.67. The minimum Gasteiger partial charge on any atom is -0.379 e. The molecule has 0 aliphatic carbocycles. The highest BCUT2D eigenvalue weighted by molar-refractivity contribution is 7.99. The van der Waals surface area contributed by atoms with E-state index in [-0.39, 0.29) is 11.9 Å². The molecule has 1 amide bonds. The zero-order valence-corrected chi connectivity index (χ0v) is 14.0. The molecule has 0 aromatic carbocycles. The largest absolute Gasteiger partial charge is 0.379 e. The molecular formula is C16H25N3O2S. The number of rotatable bonds is 8. The molecule has 1 fully saturated rings. The first kappa shape index (κ1) is 17.2. The standard InChI is InChI=1S/C16H25N3O2S/c1-2-11-22-13-16(20)18-12-15(14-5-3-4-6-17-14)19-7-9-21-10-8-19/h3-6,15H,2,7-13H2,1H3,(H,18,20). The SMILES string of the molecule is CCCSCC(=O)NCC(c1ccccn1)N1CCOCC1. The lowest BCUT2D eigenvalue weighted by molar-refractivity contribution is -0.118. The lowest BCUT2D eigenvalue weighted by atomic mass is 10.1. The number of morpholine rings is 1. The molecule has 1 aliphatic heterocycles. The van der Waals surface area contributed by atoms with Crippen molar-refractivity contribution < 1.29 is 9.53 Å². The highest BCUT2D eigenvalue weighted by Crippen LogP contribution is 2.19. The first-order valence-electron chi connectivity index (χ1n) is 7.88. The Morgan fingerprint density at radius 2 is 2.27 bits per heavy atom. The van der Waals surface area contributed by atoms with Gasteiger partial charge in [0.05, 0.1) is 30.7 Å². The average molecular weight is 323 g/mol. The van der Waals surface area contributed by atoms with Gasteiger partial charge in [-0.3, -0.25) is 14.7 Å². The van der Waals surface area contributed by atoms with Gasteiger partial charge in [-0.25, -0.2) is 0 Å².